The molecule has 4 rings (SSSR count). The average molecular weight is 360 g/mol. The first kappa shape index (κ1) is 16.4. The van der Waals surface area contributed by atoms with Crippen LogP contribution in [0.2, 0.25) is 5.02 Å². The molecule has 0 bridgehead atoms. The standard InChI is InChI=1S/C18H19ClFN5/c1-12-7-17(25-18(23-12)21-11-22-25)14-3-2-6-24(10-14)9-13-4-5-16(20)15(19)8-13/h4-5,7-8,11,14H,2-3,6,9-10H2,1H3. The van der Waals surface area contributed by atoms with Crippen molar-refractivity contribution >= 4 is 17.4 Å². The van der Waals surface area contributed by atoms with Crippen LogP contribution in [0.4, 0.5) is 4.39 Å². The molecule has 1 saturated heterocycles. The van der Waals surface area contributed by atoms with Gasteiger partial charge in [0.25, 0.3) is 5.78 Å². The highest BCUT2D eigenvalue weighted by Gasteiger charge is 2.24. The van der Waals surface area contributed by atoms with E-state index in [1.165, 1.54) is 6.07 Å². The number of nitrogens with zero attached hydrogens (tertiary/aromatic N) is 5. The van der Waals surface area contributed by atoms with E-state index < -0.39 is 0 Å². The van der Waals surface area contributed by atoms with E-state index >= 15 is 0 Å². The Balaban J connectivity index is 1.56. The van der Waals surface area contributed by atoms with Crippen molar-refractivity contribution in [2.45, 2.75) is 32.2 Å². The van der Waals surface area contributed by atoms with E-state index in [0.717, 1.165) is 49.4 Å². The maximum atomic E-state index is 13.3. The van der Waals surface area contributed by atoms with Crippen molar-refractivity contribution in [3.63, 3.8) is 0 Å². The molecule has 0 amide bonds. The van der Waals surface area contributed by atoms with Gasteiger partial charge in [-0.2, -0.15) is 10.1 Å². The smallest absolute Gasteiger partial charge is 0.252 e. The minimum Gasteiger partial charge on any atom is -0.298 e. The van der Waals surface area contributed by atoms with Crippen molar-refractivity contribution < 1.29 is 4.39 Å². The molecular weight excluding hydrogens is 341 g/mol. The van der Waals surface area contributed by atoms with E-state index in [4.69, 9.17) is 11.6 Å². The van der Waals surface area contributed by atoms with E-state index in [1.807, 2.05) is 11.4 Å². The zero-order valence-corrected chi connectivity index (χ0v) is 14.7. The first-order valence-electron chi connectivity index (χ1n) is 8.44. The number of hydrogen-bond acceptors (Lipinski definition) is 4. The zero-order valence-electron chi connectivity index (χ0n) is 14.0. The Labute approximate surface area is 150 Å². The first-order valence-corrected chi connectivity index (χ1v) is 8.81. The summed E-state index contributed by atoms with van der Waals surface area (Å²) >= 11 is 5.91. The van der Waals surface area contributed by atoms with Gasteiger partial charge in [-0.05, 0) is 50.1 Å². The van der Waals surface area contributed by atoms with Crippen molar-refractivity contribution in [3.05, 3.63) is 58.4 Å². The number of aryl methyl sites for hydroxylation is 1. The van der Waals surface area contributed by atoms with Crippen molar-refractivity contribution in [1.82, 2.24) is 24.5 Å². The molecule has 1 aliphatic heterocycles. The normalized spacial score (nSPS) is 18.8. The van der Waals surface area contributed by atoms with Crippen LogP contribution in [0.3, 0.4) is 0 Å². The van der Waals surface area contributed by atoms with Crippen molar-refractivity contribution in [2.75, 3.05) is 13.1 Å². The Morgan fingerprint density at radius 1 is 1.32 bits per heavy atom. The van der Waals surface area contributed by atoms with Crippen LogP contribution in [-0.4, -0.2) is 37.6 Å². The molecule has 1 aromatic carbocycles. The van der Waals surface area contributed by atoms with E-state index in [2.05, 4.69) is 26.0 Å². The minimum absolute atomic E-state index is 0.181. The summed E-state index contributed by atoms with van der Waals surface area (Å²) in [5.74, 6) is 0.649. The monoisotopic (exact) mass is 359 g/mol. The number of likely N-dealkylation sites (tertiary alicyclic amines) is 1. The van der Waals surface area contributed by atoms with E-state index in [1.54, 1.807) is 18.5 Å². The largest absolute Gasteiger partial charge is 0.298 e. The Bertz CT molecular complexity index is 910. The maximum absolute atomic E-state index is 13.3. The molecule has 1 aliphatic rings. The Hall–Kier alpha value is -2.05. The first-order chi connectivity index (χ1) is 12.1. The lowest BCUT2D eigenvalue weighted by atomic mass is 9.93. The topological polar surface area (TPSA) is 46.3 Å². The second kappa shape index (κ2) is 6.69. The molecule has 0 spiro atoms. The Morgan fingerprint density at radius 2 is 2.20 bits per heavy atom. The van der Waals surface area contributed by atoms with Crippen LogP contribution in [-0.2, 0) is 6.54 Å². The second-order valence-electron chi connectivity index (χ2n) is 6.62. The zero-order chi connectivity index (χ0) is 17.4. The fourth-order valence-corrected chi connectivity index (χ4v) is 3.79. The summed E-state index contributed by atoms with van der Waals surface area (Å²) in [5, 5.41) is 4.51. The molecule has 25 heavy (non-hydrogen) atoms. The molecule has 7 heteroatoms. The molecule has 130 valence electrons. The van der Waals surface area contributed by atoms with Crippen LogP contribution < -0.4 is 0 Å². The van der Waals surface area contributed by atoms with Gasteiger partial charge in [0.05, 0.1) is 10.7 Å². The van der Waals surface area contributed by atoms with Gasteiger partial charge in [0.2, 0.25) is 0 Å². The third-order valence-electron chi connectivity index (χ3n) is 4.72. The molecule has 1 fully saturated rings. The molecule has 5 nitrogen and oxygen atoms in total. The SMILES string of the molecule is Cc1cc(C2CCCN(Cc3ccc(F)c(Cl)c3)C2)n2ncnc2n1. The molecule has 3 heterocycles. The molecule has 1 atom stereocenters. The highest BCUT2D eigenvalue weighted by Crippen LogP contribution is 2.28. The van der Waals surface area contributed by atoms with Gasteiger partial charge >= 0.3 is 0 Å². The number of rotatable bonds is 3. The third-order valence-corrected chi connectivity index (χ3v) is 5.01. The predicted molar refractivity (Wildman–Crippen MR) is 94.2 cm³/mol. The van der Waals surface area contributed by atoms with Gasteiger partial charge < -0.3 is 0 Å². The van der Waals surface area contributed by atoms with Gasteiger partial charge in [-0.15, -0.1) is 0 Å². The van der Waals surface area contributed by atoms with Crippen LogP contribution in [0.5, 0.6) is 0 Å². The van der Waals surface area contributed by atoms with Crippen LogP contribution in [0.25, 0.3) is 5.78 Å². The summed E-state index contributed by atoms with van der Waals surface area (Å²) in [4.78, 5) is 11.0. The molecule has 0 radical (unpaired) electrons. The van der Waals surface area contributed by atoms with Crippen molar-refractivity contribution in [3.8, 4) is 0 Å². The Kier molecular flexibility index (Phi) is 4.39. The highest BCUT2D eigenvalue weighted by molar-refractivity contribution is 6.30. The number of halogens is 2. The quantitative estimate of drug-likeness (QED) is 0.716. The molecule has 0 aliphatic carbocycles. The Morgan fingerprint density at radius 3 is 3.04 bits per heavy atom. The van der Waals surface area contributed by atoms with E-state index in [9.17, 15) is 4.39 Å². The number of hydrogen-bond donors (Lipinski definition) is 0. The third kappa shape index (κ3) is 3.37. The number of fused-ring (bicyclic) bond motifs is 1. The summed E-state index contributed by atoms with van der Waals surface area (Å²) in [5.41, 5.74) is 3.14. The van der Waals surface area contributed by atoms with Gasteiger partial charge in [0, 0.05) is 24.7 Å². The molecular formula is C18H19ClFN5. The lowest BCUT2D eigenvalue weighted by Gasteiger charge is -2.33. The molecule has 2 aromatic heterocycles. The average Bonchev–Trinajstić information content (AvgIpc) is 3.06. The summed E-state index contributed by atoms with van der Waals surface area (Å²) < 4.78 is 15.2. The predicted octanol–water partition coefficient (Wildman–Crippen LogP) is 3.60. The maximum Gasteiger partial charge on any atom is 0.252 e. The van der Waals surface area contributed by atoms with E-state index in [-0.39, 0.29) is 10.8 Å². The number of benzene rings is 1. The lowest BCUT2D eigenvalue weighted by Crippen LogP contribution is -2.34. The summed E-state index contributed by atoms with van der Waals surface area (Å²) in [6, 6.07) is 7.05. The van der Waals surface area contributed by atoms with Gasteiger partial charge in [0.15, 0.2) is 0 Å². The molecule has 3 aromatic rings. The van der Waals surface area contributed by atoms with Crippen molar-refractivity contribution in [1.29, 1.82) is 0 Å². The van der Waals surface area contributed by atoms with Gasteiger partial charge in [-0.3, -0.25) is 4.90 Å². The molecule has 0 saturated carbocycles. The number of piperidine rings is 1. The summed E-state index contributed by atoms with van der Waals surface area (Å²) in [7, 11) is 0. The highest BCUT2D eigenvalue weighted by atomic mass is 35.5. The fourth-order valence-electron chi connectivity index (χ4n) is 3.59. The molecule has 1 unspecified atom stereocenters. The summed E-state index contributed by atoms with van der Waals surface area (Å²) in [6.45, 7) is 4.70. The minimum atomic E-state index is -0.372. The van der Waals surface area contributed by atoms with Crippen LogP contribution >= 0.6 is 11.6 Å². The second-order valence-corrected chi connectivity index (χ2v) is 7.02. The molecule has 0 N–H and O–H groups in total. The van der Waals surface area contributed by atoms with Crippen molar-refractivity contribution in [2.24, 2.45) is 0 Å². The lowest BCUT2D eigenvalue weighted by molar-refractivity contribution is 0.197. The van der Waals surface area contributed by atoms with Crippen LogP contribution in [0.1, 0.15) is 35.7 Å². The van der Waals surface area contributed by atoms with Crippen LogP contribution in [0.15, 0.2) is 30.6 Å². The van der Waals surface area contributed by atoms with E-state index in [0.29, 0.717) is 11.7 Å². The van der Waals surface area contributed by atoms with Gasteiger partial charge in [0.1, 0.15) is 12.1 Å². The van der Waals surface area contributed by atoms with Crippen LogP contribution in [0, 0.1) is 12.7 Å². The summed E-state index contributed by atoms with van der Waals surface area (Å²) in [6.07, 6.45) is 3.77. The van der Waals surface area contributed by atoms with Gasteiger partial charge in [-0.25, -0.2) is 13.9 Å². The van der Waals surface area contributed by atoms with Gasteiger partial charge in [-0.1, -0.05) is 17.7 Å². The number of aromatic nitrogens is 4. The fraction of sp³-hybridized carbons (Fsp3) is 0.389.